The summed E-state index contributed by atoms with van der Waals surface area (Å²) in [6, 6.07) is 3.19. The van der Waals surface area contributed by atoms with Gasteiger partial charge in [-0.2, -0.15) is 5.10 Å². The maximum absolute atomic E-state index is 11.6. The Bertz CT molecular complexity index is 393. The highest BCUT2D eigenvalue weighted by Gasteiger charge is 2.10. The van der Waals surface area contributed by atoms with Crippen molar-refractivity contribution in [3.05, 3.63) is 18.3 Å². The van der Waals surface area contributed by atoms with Crippen molar-refractivity contribution >= 4 is 15.8 Å². The van der Waals surface area contributed by atoms with Crippen LogP contribution in [0.4, 0.5) is 5.82 Å². The summed E-state index contributed by atoms with van der Waals surface area (Å²) >= 11 is 0. The molecule has 7 heteroatoms. The minimum atomic E-state index is -3.31. The van der Waals surface area contributed by atoms with E-state index in [4.69, 9.17) is 0 Å². The van der Waals surface area contributed by atoms with E-state index in [9.17, 15) is 8.42 Å². The van der Waals surface area contributed by atoms with E-state index in [1.54, 1.807) is 12.1 Å². The zero-order valence-corrected chi connectivity index (χ0v) is 10.00. The normalized spacial score (nSPS) is 11.3. The van der Waals surface area contributed by atoms with Crippen LogP contribution in [0.3, 0.4) is 0 Å². The molecule has 6 nitrogen and oxygen atoms in total. The molecule has 0 bridgehead atoms. The first kappa shape index (κ1) is 12.9. The summed E-state index contributed by atoms with van der Waals surface area (Å²) in [7, 11) is -3.31. The molecule has 0 spiro atoms. The highest BCUT2D eigenvalue weighted by atomic mass is 32.2. The van der Waals surface area contributed by atoms with Crippen molar-refractivity contribution in [2.24, 2.45) is 0 Å². The molecule has 0 radical (unpaired) electrons. The Hall–Kier alpha value is -1.21. The van der Waals surface area contributed by atoms with E-state index in [0.29, 0.717) is 13.0 Å². The van der Waals surface area contributed by atoms with E-state index < -0.39 is 10.0 Å². The predicted octanol–water partition coefficient (Wildman–Crippen LogP) is 0.218. The van der Waals surface area contributed by atoms with Crippen LogP contribution in [0.15, 0.2) is 18.3 Å². The number of hydrogen-bond acceptors (Lipinski definition) is 5. The first-order valence-corrected chi connectivity index (χ1v) is 6.78. The molecule has 0 aromatic carbocycles. The lowest BCUT2D eigenvalue weighted by atomic mass is 10.5. The van der Waals surface area contributed by atoms with Gasteiger partial charge in [-0.1, -0.05) is 6.92 Å². The average molecular weight is 244 g/mol. The molecule has 0 aliphatic carbocycles. The lowest BCUT2D eigenvalue weighted by Gasteiger charge is -2.06. The van der Waals surface area contributed by atoms with Gasteiger partial charge in [0.1, 0.15) is 0 Å². The van der Waals surface area contributed by atoms with Gasteiger partial charge < -0.3 is 5.32 Å². The fourth-order valence-corrected chi connectivity index (χ4v) is 2.18. The van der Waals surface area contributed by atoms with Crippen molar-refractivity contribution in [2.45, 2.75) is 13.3 Å². The Morgan fingerprint density at radius 1 is 1.44 bits per heavy atom. The van der Waals surface area contributed by atoms with E-state index >= 15 is 0 Å². The van der Waals surface area contributed by atoms with Crippen molar-refractivity contribution in [3.8, 4) is 0 Å². The summed E-state index contributed by atoms with van der Waals surface area (Å²) in [5.74, 6) is 0.335. The zero-order chi connectivity index (χ0) is 11.9. The monoisotopic (exact) mass is 244 g/mol. The van der Waals surface area contributed by atoms with Gasteiger partial charge in [-0.05, 0) is 31.6 Å². The predicted molar refractivity (Wildman–Crippen MR) is 62.6 cm³/mol. The van der Waals surface area contributed by atoms with Crippen molar-refractivity contribution in [2.75, 3.05) is 23.6 Å². The maximum atomic E-state index is 11.6. The smallest absolute Gasteiger partial charge is 0.233 e. The van der Waals surface area contributed by atoms with E-state index in [2.05, 4.69) is 20.2 Å². The molecule has 0 fully saturated rings. The standard InChI is InChI=1S/C9H16N4O2S/c1-2-10-6-4-8-16(14,15)13-9-5-3-7-11-12-9/h3,5,7,10H,2,4,6,8H2,1H3,(H,12,13). The number of sulfonamides is 1. The third-order valence-electron chi connectivity index (χ3n) is 1.85. The van der Waals surface area contributed by atoms with Crippen LogP contribution in [-0.4, -0.2) is 37.5 Å². The molecular formula is C9H16N4O2S. The fourth-order valence-electron chi connectivity index (χ4n) is 1.13. The number of hydrogen-bond donors (Lipinski definition) is 2. The molecule has 1 rings (SSSR count). The topological polar surface area (TPSA) is 84.0 Å². The van der Waals surface area contributed by atoms with Crippen molar-refractivity contribution in [1.29, 1.82) is 0 Å². The molecule has 1 heterocycles. The maximum Gasteiger partial charge on any atom is 0.233 e. The van der Waals surface area contributed by atoms with E-state index in [-0.39, 0.29) is 11.6 Å². The Kier molecular flexibility index (Phi) is 5.13. The number of aromatic nitrogens is 2. The lowest BCUT2D eigenvalue weighted by molar-refractivity contribution is 0.595. The van der Waals surface area contributed by atoms with Gasteiger partial charge in [-0.15, -0.1) is 5.10 Å². The highest BCUT2D eigenvalue weighted by molar-refractivity contribution is 7.92. The Morgan fingerprint density at radius 2 is 2.25 bits per heavy atom. The van der Waals surface area contributed by atoms with Crippen molar-refractivity contribution in [3.63, 3.8) is 0 Å². The quantitative estimate of drug-likeness (QED) is 0.670. The minimum Gasteiger partial charge on any atom is -0.317 e. The van der Waals surface area contributed by atoms with Crippen LogP contribution in [0.25, 0.3) is 0 Å². The molecule has 0 saturated heterocycles. The molecule has 0 unspecified atom stereocenters. The van der Waals surface area contributed by atoms with E-state index in [1.165, 1.54) is 6.20 Å². The second kappa shape index (κ2) is 6.39. The highest BCUT2D eigenvalue weighted by Crippen LogP contribution is 2.02. The number of nitrogens with one attached hydrogen (secondary N) is 2. The third-order valence-corrected chi connectivity index (χ3v) is 3.20. The third kappa shape index (κ3) is 5.04. The van der Waals surface area contributed by atoms with E-state index in [1.807, 2.05) is 6.92 Å². The van der Waals surface area contributed by atoms with Crippen LogP contribution in [0.5, 0.6) is 0 Å². The summed E-state index contributed by atoms with van der Waals surface area (Å²) in [6.45, 7) is 3.52. The molecule has 1 aromatic heterocycles. The summed E-state index contributed by atoms with van der Waals surface area (Å²) < 4.78 is 25.5. The van der Waals surface area contributed by atoms with Crippen LogP contribution in [0.1, 0.15) is 13.3 Å². The largest absolute Gasteiger partial charge is 0.317 e. The molecule has 2 N–H and O–H groups in total. The second-order valence-corrected chi connectivity index (χ2v) is 5.08. The van der Waals surface area contributed by atoms with Gasteiger partial charge in [-0.25, -0.2) is 8.42 Å². The molecule has 0 atom stereocenters. The van der Waals surface area contributed by atoms with Crippen LogP contribution >= 0.6 is 0 Å². The van der Waals surface area contributed by atoms with Gasteiger partial charge in [0.15, 0.2) is 5.82 Å². The lowest BCUT2D eigenvalue weighted by Crippen LogP contribution is -2.22. The van der Waals surface area contributed by atoms with Crippen LogP contribution in [0.2, 0.25) is 0 Å². The summed E-state index contributed by atoms with van der Waals surface area (Å²) in [4.78, 5) is 0. The Balaban J connectivity index is 2.40. The first-order valence-electron chi connectivity index (χ1n) is 5.13. The average Bonchev–Trinajstić information content (AvgIpc) is 2.25. The van der Waals surface area contributed by atoms with Gasteiger partial charge in [0.05, 0.1) is 5.75 Å². The summed E-state index contributed by atoms with van der Waals surface area (Å²) in [5, 5.41) is 10.3. The van der Waals surface area contributed by atoms with Gasteiger partial charge in [0, 0.05) is 6.20 Å². The number of rotatable bonds is 7. The Labute approximate surface area is 95.5 Å². The molecule has 0 amide bonds. The summed E-state index contributed by atoms with van der Waals surface area (Å²) in [5.41, 5.74) is 0. The van der Waals surface area contributed by atoms with Gasteiger partial charge in [0.2, 0.25) is 10.0 Å². The van der Waals surface area contributed by atoms with Crippen molar-refractivity contribution < 1.29 is 8.42 Å². The van der Waals surface area contributed by atoms with Gasteiger partial charge >= 0.3 is 0 Å². The van der Waals surface area contributed by atoms with Gasteiger partial charge in [0.25, 0.3) is 0 Å². The van der Waals surface area contributed by atoms with Crippen LogP contribution < -0.4 is 10.0 Å². The van der Waals surface area contributed by atoms with Gasteiger partial charge in [-0.3, -0.25) is 4.72 Å². The molecule has 16 heavy (non-hydrogen) atoms. The zero-order valence-electron chi connectivity index (χ0n) is 9.18. The number of nitrogens with zero attached hydrogens (tertiary/aromatic N) is 2. The Morgan fingerprint density at radius 3 is 2.88 bits per heavy atom. The molecule has 0 aliphatic rings. The first-order chi connectivity index (χ1) is 7.64. The molecular weight excluding hydrogens is 228 g/mol. The van der Waals surface area contributed by atoms with E-state index in [0.717, 1.165) is 6.54 Å². The number of anilines is 1. The summed E-state index contributed by atoms with van der Waals surface area (Å²) in [6.07, 6.45) is 2.06. The molecule has 1 aromatic rings. The molecule has 0 saturated carbocycles. The van der Waals surface area contributed by atoms with Crippen molar-refractivity contribution in [1.82, 2.24) is 15.5 Å². The second-order valence-electron chi connectivity index (χ2n) is 3.24. The minimum absolute atomic E-state index is 0.0799. The molecule has 90 valence electrons. The fraction of sp³-hybridized carbons (Fsp3) is 0.556. The SMILES string of the molecule is CCNCCCS(=O)(=O)Nc1cccnn1. The molecule has 0 aliphatic heterocycles. The van der Waals surface area contributed by atoms with Crippen LogP contribution in [0, 0.1) is 0 Å². The van der Waals surface area contributed by atoms with Crippen LogP contribution in [-0.2, 0) is 10.0 Å².